The van der Waals surface area contributed by atoms with E-state index in [1.54, 1.807) is 0 Å². The number of hydrogen-bond donors (Lipinski definition) is 0. The molecule has 2 rings (SSSR count). The zero-order valence-corrected chi connectivity index (χ0v) is 7.42. The summed E-state index contributed by atoms with van der Waals surface area (Å²) in [5.74, 6) is -0.766. The summed E-state index contributed by atoms with van der Waals surface area (Å²) in [5.41, 5.74) is 0. The van der Waals surface area contributed by atoms with Gasteiger partial charge in [-0.1, -0.05) is 0 Å². The van der Waals surface area contributed by atoms with Gasteiger partial charge in [-0.05, 0) is 0 Å². The first-order valence-electron chi connectivity index (χ1n) is 4.50. The summed E-state index contributed by atoms with van der Waals surface area (Å²) in [6.07, 6.45) is 0.780. The van der Waals surface area contributed by atoms with E-state index in [0.717, 1.165) is 6.29 Å². The second kappa shape index (κ2) is 3.40. The van der Waals surface area contributed by atoms with Crippen molar-refractivity contribution in [2.75, 3.05) is 0 Å². The molecule has 5 heteroatoms. The van der Waals surface area contributed by atoms with Crippen LogP contribution in [-0.4, -0.2) is 30.9 Å². The third-order valence-corrected chi connectivity index (χ3v) is 2.94. The van der Waals surface area contributed by atoms with E-state index < -0.39 is 12.0 Å². The molecule has 1 aliphatic carbocycles. The number of hydrogen-bond acceptors (Lipinski definition) is 5. The van der Waals surface area contributed by atoms with Crippen LogP contribution in [0.3, 0.4) is 0 Å². The molecule has 0 aromatic carbocycles. The molecule has 1 heterocycles. The fourth-order valence-electron chi connectivity index (χ4n) is 2.30. The summed E-state index contributed by atoms with van der Waals surface area (Å²) in [7, 11) is 0. The van der Waals surface area contributed by atoms with Gasteiger partial charge in [0.05, 0.1) is 12.3 Å². The van der Waals surface area contributed by atoms with E-state index in [0.29, 0.717) is 12.9 Å². The monoisotopic (exact) mass is 198 g/mol. The Morgan fingerprint density at radius 2 is 2.21 bits per heavy atom. The molecule has 4 atom stereocenters. The van der Waals surface area contributed by atoms with Crippen molar-refractivity contribution >= 4 is 18.7 Å². The summed E-state index contributed by atoms with van der Waals surface area (Å²) in [6, 6.07) is 0. The molecule has 0 bridgehead atoms. The van der Waals surface area contributed by atoms with Gasteiger partial charge in [0.15, 0.2) is 0 Å². The molecule has 76 valence electrons. The Bertz CT molecular complexity index is 274. The summed E-state index contributed by atoms with van der Waals surface area (Å²) in [6.45, 7) is 0.337. The zero-order chi connectivity index (χ0) is 10.1. The van der Waals surface area contributed by atoms with E-state index in [4.69, 9.17) is 9.47 Å². The zero-order valence-electron chi connectivity index (χ0n) is 7.42. The predicted octanol–water partition coefficient (Wildman–Crippen LogP) is -0.322. The number of ether oxygens (including phenoxy) is 2. The molecule has 0 aromatic rings. The third-order valence-electron chi connectivity index (χ3n) is 2.94. The molecule has 5 nitrogen and oxygen atoms in total. The van der Waals surface area contributed by atoms with Crippen LogP contribution in [0.1, 0.15) is 12.8 Å². The standard InChI is InChI=1S/C9H10O5/c10-3-6-5-1-9(12)14-8(5)2-7(6)13-4-11/h3-8H,1-2H2/t5-,6?,7-,8?/m1/s1. The number of carbonyl (C=O) groups excluding carboxylic acids is 3. The highest BCUT2D eigenvalue weighted by molar-refractivity contribution is 5.74. The van der Waals surface area contributed by atoms with Gasteiger partial charge in [-0.25, -0.2) is 0 Å². The summed E-state index contributed by atoms with van der Waals surface area (Å²) in [5, 5.41) is 0. The molecule has 2 unspecified atom stereocenters. The number of aldehydes is 1. The van der Waals surface area contributed by atoms with E-state index in [1.165, 1.54) is 0 Å². The Balaban J connectivity index is 2.11. The van der Waals surface area contributed by atoms with E-state index >= 15 is 0 Å². The molecule has 14 heavy (non-hydrogen) atoms. The minimum atomic E-state index is -0.423. The fourth-order valence-corrected chi connectivity index (χ4v) is 2.30. The van der Waals surface area contributed by atoms with Crippen molar-refractivity contribution in [1.82, 2.24) is 0 Å². The molecule has 1 aliphatic heterocycles. The van der Waals surface area contributed by atoms with E-state index in [9.17, 15) is 14.4 Å². The smallest absolute Gasteiger partial charge is 0.306 e. The van der Waals surface area contributed by atoms with Crippen LogP contribution in [0.4, 0.5) is 0 Å². The lowest BCUT2D eigenvalue weighted by atomic mass is 9.94. The summed E-state index contributed by atoms with van der Waals surface area (Å²) in [4.78, 5) is 31.9. The molecule has 2 fully saturated rings. The van der Waals surface area contributed by atoms with Gasteiger partial charge in [-0.2, -0.15) is 0 Å². The van der Waals surface area contributed by atoms with Crippen LogP contribution in [0.2, 0.25) is 0 Å². The van der Waals surface area contributed by atoms with E-state index in [-0.39, 0.29) is 24.4 Å². The summed E-state index contributed by atoms with van der Waals surface area (Å²) < 4.78 is 9.77. The van der Waals surface area contributed by atoms with Crippen LogP contribution in [0.5, 0.6) is 0 Å². The first-order chi connectivity index (χ1) is 6.76. The van der Waals surface area contributed by atoms with Crippen LogP contribution >= 0.6 is 0 Å². The van der Waals surface area contributed by atoms with Gasteiger partial charge in [-0.15, -0.1) is 0 Å². The number of esters is 1. The van der Waals surface area contributed by atoms with Gasteiger partial charge in [0.2, 0.25) is 0 Å². The van der Waals surface area contributed by atoms with Gasteiger partial charge < -0.3 is 14.3 Å². The van der Waals surface area contributed by atoms with Crippen molar-refractivity contribution in [3.8, 4) is 0 Å². The Morgan fingerprint density at radius 1 is 1.43 bits per heavy atom. The maximum Gasteiger partial charge on any atom is 0.306 e. The van der Waals surface area contributed by atoms with Crippen LogP contribution in [0, 0.1) is 11.8 Å². The quantitative estimate of drug-likeness (QED) is 0.459. The molecule has 0 spiro atoms. The highest BCUT2D eigenvalue weighted by atomic mass is 16.6. The minimum Gasteiger partial charge on any atom is -0.464 e. The van der Waals surface area contributed by atoms with E-state index in [1.807, 2.05) is 0 Å². The van der Waals surface area contributed by atoms with Gasteiger partial charge in [0.1, 0.15) is 18.5 Å². The second-order valence-electron chi connectivity index (χ2n) is 3.62. The molecule has 0 radical (unpaired) electrons. The number of carbonyl (C=O) groups is 3. The summed E-state index contributed by atoms with van der Waals surface area (Å²) >= 11 is 0. The molecule has 1 saturated carbocycles. The second-order valence-corrected chi connectivity index (χ2v) is 3.62. The fraction of sp³-hybridized carbons (Fsp3) is 0.667. The van der Waals surface area contributed by atoms with Gasteiger partial charge in [0.25, 0.3) is 6.47 Å². The van der Waals surface area contributed by atoms with Crippen molar-refractivity contribution < 1.29 is 23.9 Å². The van der Waals surface area contributed by atoms with Crippen molar-refractivity contribution in [2.45, 2.75) is 25.0 Å². The lowest BCUT2D eigenvalue weighted by Gasteiger charge is -2.14. The molecular formula is C9H10O5. The first kappa shape index (κ1) is 9.18. The highest BCUT2D eigenvalue weighted by Crippen LogP contribution is 2.41. The van der Waals surface area contributed by atoms with Crippen LogP contribution in [0.15, 0.2) is 0 Å². The van der Waals surface area contributed by atoms with E-state index in [2.05, 4.69) is 0 Å². The molecule has 0 amide bonds. The van der Waals surface area contributed by atoms with Crippen LogP contribution < -0.4 is 0 Å². The minimum absolute atomic E-state index is 0.107. The van der Waals surface area contributed by atoms with Gasteiger partial charge in [0, 0.05) is 12.3 Å². The molecular weight excluding hydrogens is 188 g/mol. The number of fused-ring (bicyclic) bond motifs is 1. The van der Waals surface area contributed by atoms with Crippen LogP contribution in [0.25, 0.3) is 0 Å². The average molecular weight is 198 g/mol. The topological polar surface area (TPSA) is 69.7 Å². The first-order valence-corrected chi connectivity index (χ1v) is 4.50. The Morgan fingerprint density at radius 3 is 2.86 bits per heavy atom. The largest absolute Gasteiger partial charge is 0.464 e. The van der Waals surface area contributed by atoms with Crippen LogP contribution in [-0.2, 0) is 23.9 Å². The Hall–Kier alpha value is -1.39. The van der Waals surface area contributed by atoms with Crippen molar-refractivity contribution in [3.05, 3.63) is 0 Å². The molecule has 0 N–H and O–H groups in total. The average Bonchev–Trinajstić information content (AvgIpc) is 2.61. The van der Waals surface area contributed by atoms with Crippen molar-refractivity contribution in [1.29, 1.82) is 0 Å². The maximum absolute atomic E-state index is 10.9. The molecule has 1 saturated heterocycles. The van der Waals surface area contributed by atoms with Crippen molar-refractivity contribution in [3.63, 3.8) is 0 Å². The molecule has 0 aromatic heterocycles. The predicted molar refractivity (Wildman–Crippen MR) is 43.1 cm³/mol. The van der Waals surface area contributed by atoms with Crippen molar-refractivity contribution in [2.24, 2.45) is 11.8 Å². The molecule has 2 aliphatic rings. The SMILES string of the molecule is O=CO[C@@H]1CC2OC(=O)C[C@@H]2C1C=O. The lowest BCUT2D eigenvalue weighted by molar-refractivity contribution is -0.143. The van der Waals surface area contributed by atoms with Gasteiger partial charge >= 0.3 is 5.97 Å². The number of rotatable bonds is 3. The highest BCUT2D eigenvalue weighted by Gasteiger charge is 2.51. The normalized spacial score (nSPS) is 40.1. The Labute approximate surface area is 80.4 Å². The lowest BCUT2D eigenvalue weighted by Crippen LogP contribution is -2.23. The maximum atomic E-state index is 10.9. The third kappa shape index (κ3) is 1.29. The van der Waals surface area contributed by atoms with Gasteiger partial charge in [-0.3, -0.25) is 9.59 Å². The Kier molecular flexibility index (Phi) is 2.23.